The van der Waals surface area contributed by atoms with Crippen molar-refractivity contribution in [2.24, 2.45) is 0 Å². The molecule has 0 bridgehead atoms. The van der Waals surface area contributed by atoms with Crippen LogP contribution in [0.25, 0.3) is 12.3 Å². The van der Waals surface area contributed by atoms with Crippen molar-refractivity contribution in [3.63, 3.8) is 0 Å². The zero-order valence-corrected chi connectivity index (χ0v) is 22.6. The minimum atomic E-state index is -0.121. The Bertz CT molecular complexity index is 1240. The number of carbonyl (C=O) groups excluding carboxylic acids is 4. The number of benzene rings is 3. The van der Waals surface area contributed by atoms with E-state index in [-0.39, 0.29) is 18.2 Å². The Morgan fingerprint density at radius 2 is 0.975 bits per heavy atom. The largest absolute Gasteiger partial charge is 0.504 e. The molecule has 0 heterocycles. The van der Waals surface area contributed by atoms with Crippen LogP contribution in [0, 0.1) is 0 Å². The molecule has 1 aliphatic carbocycles. The number of ether oxygens (including phenoxy) is 3. The molecule has 0 amide bonds. The summed E-state index contributed by atoms with van der Waals surface area (Å²) in [6, 6.07) is 21.6. The van der Waals surface area contributed by atoms with E-state index >= 15 is 0 Å². The standard InChI is InChI=1S/C10H12O2.C8H10O2.C8H6O2.C6H4O2/c1-12-8-10-4-2-9(3-5-10)6-7-11;1-9-7-3-5-8(10-2)6-4-7;9-5-7-1-2-8(6-10)4-3-7;7-5-1-2-6(8)4-3-5/h2-6,8,11H,7H2,1H3;3-6H,1-2H3;1-6H;1-4H. The van der Waals surface area contributed by atoms with E-state index in [2.05, 4.69) is 0 Å². The van der Waals surface area contributed by atoms with Crippen LogP contribution in [0.5, 0.6) is 11.5 Å². The number of aliphatic hydroxyl groups excluding tert-OH is 1. The summed E-state index contributed by atoms with van der Waals surface area (Å²) < 4.78 is 14.8. The number of allylic oxidation sites excluding steroid dienone is 4. The lowest BCUT2D eigenvalue weighted by Gasteiger charge is -2.00. The van der Waals surface area contributed by atoms with Crippen molar-refractivity contribution >= 4 is 36.5 Å². The maximum atomic E-state index is 10.3. The van der Waals surface area contributed by atoms with Crippen molar-refractivity contribution < 1.29 is 38.5 Å². The Kier molecular flexibility index (Phi) is 16.4. The van der Waals surface area contributed by atoms with Gasteiger partial charge in [-0.25, -0.2) is 0 Å². The van der Waals surface area contributed by atoms with Crippen LogP contribution in [0.15, 0.2) is 97.1 Å². The zero-order chi connectivity index (χ0) is 29.6. The van der Waals surface area contributed by atoms with E-state index in [1.165, 1.54) is 24.3 Å². The molecule has 8 heteroatoms. The van der Waals surface area contributed by atoms with Gasteiger partial charge in [0.15, 0.2) is 11.6 Å². The predicted molar refractivity (Wildman–Crippen MR) is 154 cm³/mol. The highest BCUT2D eigenvalue weighted by atomic mass is 16.5. The quantitative estimate of drug-likeness (QED) is 0.372. The zero-order valence-electron chi connectivity index (χ0n) is 22.6. The molecule has 0 aliphatic heterocycles. The number of ketones is 2. The fourth-order valence-corrected chi connectivity index (χ4v) is 2.76. The van der Waals surface area contributed by atoms with E-state index in [9.17, 15) is 19.2 Å². The summed E-state index contributed by atoms with van der Waals surface area (Å²) >= 11 is 0. The Hall–Kier alpha value is -5.08. The van der Waals surface area contributed by atoms with Gasteiger partial charge in [-0.1, -0.05) is 54.6 Å². The van der Waals surface area contributed by atoms with Crippen molar-refractivity contribution in [1.29, 1.82) is 0 Å². The Balaban J connectivity index is 0.000000269. The molecule has 0 saturated carbocycles. The third kappa shape index (κ3) is 14.0. The van der Waals surface area contributed by atoms with Gasteiger partial charge in [0.1, 0.15) is 24.1 Å². The fraction of sp³-hybridized carbons (Fsp3) is 0.125. The summed E-state index contributed by atoms with van der Waals surface area (Å²) in [5, 5.41) is 10.6. The summed E-state index contributed by atoms with van der Waals surface area (Å²) in [6.45, 7) is 0.0767. The predicted octanol–water partition coefficient (Wildman–Crippen LogP) is 3.11. The molecule has 0 atom stereocenters. The third-order valence-corrected chi connectivity index (χ3v) is 4.84. The van der Waals surface area contributed by atoms with Gasteiger partial charge in [-0.3, -0.25) is 19.2 Å². The van der Waals surface area contributed by atoms with Crippen LogP contribution in [0.1, 0.15) is 20.7 Å². The first-order valence-electron chi connectivity index (χ1n) is 11.9. The van der Waals surface area contributed by atoms with Crippen molar-refractivity contribution in [2.75, 3.05) is 27.9 Å². The number of aliphatic hydroxyl groups is 1. The lowest BCUT2D eigenvalue weighted by atomic mass is 10.2. The maximum absolute atomic E-state index is 10.3. The lowest BCUT2D eigenvalue weighted by molar-refractivity contribution is -0.113. The minimum Gasteiger partial charge on any atom is -0.504 e. The number of aldehydes is 2. The Morgan fingerprint density at radius 3 is 1.27 bits per heavy atom. The van der Waals surface area contributed by atoms with E-state index in [4.69, 9.17) is 19.3 Å². The first kappa shape index (κ1) is 32.9. The molecule has 0 unspecified atom stereocenters. The molecule has 1 aliphatic rings. The van der Waals surface area contributed by atoms with Crippen LogP contribution in [0.4, 0.5) is 0 Å². The molecule has 8 nitrogen and oxygen atoms in total. The number of methoxy groups -OCH3 is 3. The molecule has 4 rings (SSSR count). The highest BCUT2D eigenvalue weighted by Gasteiger charge is 1.98. The van der Waals surface area contributed by atoms with Gasteiger partial charge < -0.3 is 19.3 Å². The van der Waals surface area contributed by atoms with Crippen LogP contribution >= 0.6 is 0 Å². The Morgan fingerprint density at radius 1 is 0.600 bits per heavy atom. The second-order valence-electron chi connectivity index (χ2n) is 7.66. The van der Waals surface area contributed by atoms with Gasteiger partial charge in [0.2, 0.25) is 0 Å². The summed E-state index contributed by atoms with van der Waals surface area (Å²) in [5.74, 6) is 1.45. The second-order valence-corrected chi connectivity index (χ2v) is 7.66. The van der Waals surface area contributed by atoms with E-state index in [1.54, 1.807) is 57.9 Å². The van der Waals surface area contributed by atoms with Crippen LogP contribution in [0.3, 0.4) is 0 Å². The molecule has 208 valence electrons. The smallest absolute Gasteiger partial charge is 0.178 e. The molecular formula is C32H32O8. The molecular weight excluding hydrogens is 512 g/mol. The average molecular weight is 545 g/mol. The molecule has 0 fully saturated rings. The van der Waals surface area contributed by atoms with E-state index in [0.29, 0.717) is 11.1 Å². The molecule has 0 saturated heterocycles. The first-order valence-corrected chi connectivity index (χ1v) is 11.9. The van der Waals surface area contributed by atoms with Gasteiger partial charge in [0.25, 0.3) is 0 Å². The molecule has 0 aromatic heterocycles. The topological polar surface area (TPSA) is 116 Å². The van der Waals surface area contributed by atoms with Gasteiger partial charge >= 0.3 is 0 Å². The summed E-state index contributed by atoms with van der Waals surface area (Å²) in [7, 11) is 4.90. The number of hydrogen-bond acceptors (Lipinski definition) is 8. The molecule has 1 N–H and O–H groups in total. The van der Waals surface area contributed by atoms with E-state index < -0.39 is 0 Å². The van der Waals surface area contributed by atoms with Gasteiger partial charge in [-0.15, -0.1) is 0 Å². The van der Waals surface area contributed by atoms with Crippen LogP contribution in [-0.4, -0.2) is 57.2 Å². The van der Waals surface area contributed by atoms with Crippen LogP contribution < -0.4 is 19.9 Å². The van der Waals surface area contributed by atoms with Crippen LogP contribution in [-0.2, 0) is 14.3 Å². The van der Waals surface area contributed by atoms with Crippen molar-refractivity contribution in [1.82, 2.24) is 0 Å². The second kappa shape index (κ2) is 20.0. The fourth-order valence-electron chi connectivity index (χ4n) is 2.76. The van der Waals surface area contributed by atoms with Gasteiger partial charge in [-0.2, -0.15) is 0 Å². The average Bonchev–Trinajstić information content (AvgIpc) is 3.01. The monoisotopic (exact) mass is 544 g/mol. The summed E-state index contributed by atoms with van der Waals surface area (Å²) in [4.78, 5) is 40.8. The number of hydrogen-bond donors (Lipinski definition) is 1. The van der Waals surface area contributed by atoms with Crippen molar-refractivity contribution in [3.8, 4) is 11.5 Å². The molecule has 0 spiro atoms. The lowest BCUT2D eigenvalue weighted by Crippen LogP contribution is -2.07. The normalized spacial score (nSPS) is 10.7. The number of rotatable bonds is 6. The first-order chi connectivity index (χ1) is 19.4. The van der Waals surface area contributed by atoms with E-state index in [1.807, 2.05) is 48.5 Å². The minimum absolute atomic E-state index is 0.0767. The Labute approximate surface area is 233 Å². The SMILES string of the molecule is COC=c1ccc(=CCO)cc1.COc1ccc(OC)cc1.O=C1C=CC(=O)C=C1.O=Cc1ccc(C=O)cc1. The van der Waals surface area contributed by atoms with Crippen molar-refractivity contribution in [2.45, 2.75) is 0 Å². The van der Waals surface area contributed by atoms with Gasteiger partial charge in [0.05, 0.1) is 34.2 Å². The highest BCUT2D eigenvalue weighted by Crippen LogP contribution is 2.15. The summed E-state index contributed by atoms with van der Waals surface area (Å²) in [5.41, 5.74) is 1.18. The molecule has 3 aromatic carbocycles. The summed E-state index contributed by atoms with van der Waals surface area (Å²) in [6.07, 6.45) is 9.91. The number of carbonyl (C=O) groups is 4. The maximum Gasteiger partial charge on any atom is 0.178 e. The van der Waals surface area contributed by atoms with Crippen LogP contribution in [0.2, 0.25) is 0 Å². The molecule has 40 heavy (non-hydrogen) atoms. The van der Waals surface area contributed by atoms with Gasteiger partial charge in [0, 0.05) is 16.3 Å². The molecule has 3 aromatic rings. The third-order valence-electron chi connectivity index (χ3n) is 4.84. The van der Waals surface area contributed by atoms with Gasteiger partial charge in [-0.05, 0) is 53.8 Å². The van der Waals surface area contributed by atoms with Crippen molar-refractivity contribution in [3.05, 3.63) is 119 Å². The molecule has 0 radical (unpaired) electrons. The highest BCUT2D eigenvalue weighted by molar-refractivity contribution is 6.14. The van der Waals surface area contributed by atoms with E-state index in [0.717, 1.165) is 34.5 Å².